The Morgan fingerprint density at radius 3 is 2.55 bits per heavy atom. The Balaban J connectivity index is 1.51. The van der Waals surface area contributed by atoms with Gasteiger partial charge in [-0.3, -0.25) is 10.5 Å². The quantitative estimate of drug-likeness (QED) is 0.384. The number of H-pyrrole nitrogens is 2. The Bertz CT molecular complexity index is 1310. The van der Waals surface area contributed by atoms with Gasteiger partial charge in [0.05, 0.1) is 22.7 Å². The number of carbonyl (C=O) groups excluding carboxylic acids is 1. The van der Waals surface area contributed by atoms with Crippen molar-refractivity contribution in [2.45, 2.75) is 31.7 Å². The number of nitrogens with two attached hydrogens (primary N) is 2. The highest BCUT2D eigenvalue weighted by Crippen LogP contribution is 2.46. The maximum atomic E-state index is 12.1. The van der Waals surface area contributed by atoms with Crippen LogP contribution in [0.15, 0.2) is 36.8 Å². The summed E-state index contributed by atoms with van der Waals surface area (Å²) in [6.07, 6.45) is 10.3. The molecule has 2 aliphatic rings. The van der Waals surface area contributed by atoms with E-state index in [1.165, 1.54) is 25.7 Å². The first-order valence-electron chi connectivity index (χ1n) is 10.7. The van der Waals surface area contributed by atoms with Gasteiger partial charge in [-0.05, 0) is 49.1 Å². The van der Waals surface area contributed by atoms with Crippen molar-refractivity contribution < 1.29 is 9.78 Å². The second-order valence-electron chi connectivity index (χ2n) is 8.75. The molecular formula is C23H24N7O+. The van der Waals surface area contributed by atoms with Gasteiger partial charge in [0.25, 0.3) is 5.91 Å². The highest BCUT2D eigenvalue weighted by atomic mass is 16.1. The van der Waals surface area contributed by atoms with Gasteiger partial charge < -0.3 is 16.0 Å². The van der Waals surface area contributed by atoms with Crippen molar-refractivity contribution in [3.63, 3.8) is 0 Å². The van der Waals surface area contributed by atoms with Crippen molar-refractivity contribution in [3.05, 3.63) is 42.4 Å². The predicted octanol–water partition coefficient (Wildman–Crippen LogP) is 2.87. The van der Waals surface area contributed by atoms with Crippen LogP contribution in [0.4, 0.5) is 11.8 Å². The Hall–Kier alpha value is -3.68. The van der Waals surface area contributed by atoms with E-state index in [1.807, 2.05) is 18.3 Å². The average Bonchev–Trinajstić information content (AvgIpc) is 3.68. The van der Waals surface area contributed by atoms with E-state index in [4.69, 9.17) is 11.5 Å². The summed E-state index contributed by atoms with van der Waals surface area (Å²) >= 11 is 0. The fraction of sp³-hybridized carbons (Fsp3) is 0.304. The molecule has 2 fully saturated rings. The topological polar surface area (TPSA) is 137 Å². The highest BCUT2D eigenvalue weighted by molar-refractivity contribution is 6.18. The largest absolute Gasteiger partial charge is 0.386 e. The van der Waals surface area contributed by atoms with Crippen LogP contribution in [-0.2, 0) is 0 Å². The van der Waals surface area contributed by atoms with Gasteiger partial charge in [0, 0.05) is 28.7 Å². The number of anilines is 2. The number of rotatable bonds is 6. The lowest BCUT2D eigenvalue weighted by molar-refractivity contribution is -0.363. The number of hydrogen-bond acceptors (Lipinski definition) is 5. The van der Waals surface area contributed by atoms with Gasteiger partial charge in [-0.2, -0.15) is 0 Å². The van der Waals surface area contributed by atoms with E-state index in [-0.39, 0.29) is 0 Å². The number of amides is 1. The minimum atomic E-state index is -0.492. The average molecular weight is 414 g/mol. The molecule has 2 aliphatic carbocycles. The molecule has 8 heteroatoms. The van der Waals surface area contributed by atoms with E-state index in [0.29, 0.717) is 17.6 Å². The Morgan fingerprint density at radius 2 is 1.90 bits per heavy atom. The standard InChI is InChI=1S/C23H23N7O/c24-21(31)16-10-26-22(30-19(11-1-2-11)12-3-4-12)18-15-6-5-13(7-17(15)29-20(16)18)14-8-27-23(25)28-9-14/h5-12,19,29H,1-4H2,(H2,24,31)(H,26,30)(H2,25,27,28)/p+1. The van der Waals surface area contributed by atoms with Crippen molar-refractivity contribution in [2.75, 3.05) is 11.1 Å². The molecule has 0 aliphatic heterocycles. The first-order valence-corrected chi connectivity index (χ1v) is 10.7. The molecule has 6 rings (SSSR count). The number of fused-ring (bicyclic) bond motifs is 3. The molecule has 0 bridgehead atoms. The number of aromatic amines is 2. The summed E-state index contributed by atoms with van der Waals surface area (Å²) < 4.78 is 0. The van der Waals surface area contributed by atoms with Crippen LogP contribution in [0.5, 0.6) is 0 Å². The first-order chi connectivity index (χ1) is 15.1. The minimum Gasteiger partial charge on any atom is -0.366 e. The summed E-state index contributed by atoms with van der Waals surface area (Å²) in [5.41, 5.74) is 15.3. The van der Waals surface area contributed by atoms with Crippen molar-refractivity contribution in [1.82, 2.24) is 15.0 Å². The normalized spacial score (nSPS) is 16.3. The summed E-state index contributed by atoms with van der Waals surface area (Å²) in [5.74, 6) is 2.15. The number of carbonyl (C=O) groups is 1. The highest BCUT2D eigenvalue weighted by Gasteiger charge is 2.42. The molecule has 0 saturated heterocycles. The predicted molar refractivity (Wildman–Crippen MR) is 119 cm³/mol. The molecule has 0 radical (unpaired) electrons. The lowest BCUT2D eigenvalue weighted by Crippen LogP contribution is -2.25. The van der Waals surface area contributed by atoms with Gasteiger partial charge in [-0.15, -0.1) is 0 Å². The van der Waals surface area contributed by atoms with Crippen LogP contribution >= 0.6 is 0 Å². The van der Waals surface area contributed by atoms with E-state index in [0.717, 1.165) is 50.6 Å². The monoisotopic (exact) mass is 414 g/mol. The van der Waals surface area contributed by atoms with Crippen molar-refractivity contribution >= 4 is 39.5 Å². The summed E-state index contributed by atoms with van der Waals surface area (Å²) in [7, 11) is 0. The van der Waals surface area contributed by atoms with E-state index >= 15 is 0 Å². The Labute approximate surface area is 178 Å². The van der Waals surface area contributed by atoms with Crippen LogP contribution in [-0.4, -0.2) is 26.9 Å². The van der Waals surface area contributed by atoms with Crippen molar-refractivity contribution in [2.24, 2.45) is 17.6 Å². The Morgan fingerprint density at radius 1 is 1.13 bits per heavy atom. The Kier molecular flexibility index (Phi) is 3.89. The second kappa shape index (κ2) is 6.66. The lowest BCUT2D eigenvalue weighted by atomic mass is 10.0. The van der Waals surface area contributed by atoms with Crippen LogP contribution in [0.3, 0.4) is 0 Å². The number of hydrogen-bond donors (Lipinski definition) is 4. The SMILES string of the molecule is NC(=O)c1cnc(NC(C2CC2)C2CC2)c2c1[nH]c1cc(-c3cnc(N)[nH+]c3)ccc12. The molecule has 31 heavy (non-hydrogen) atoms. The third-order valence-corrected chi connectivity index (χ3v) is 6.51. The van der Waals surface area contributed by atoms with Gasteiger partial charge in [0.2, 0.25) is 0 Å². The molecule has 1 amide bonds. The maximum Gasteiger partial charge on any atom is 0.386 e. The molecule has 8 nitrogen and oxygen atoms in total. The van der Waals surface area contributed by atoms with Crippen molar-refractivity contribution in [1.29, 1.82) is 0 Å². The van der Waals surface area contributed by atoms with Gasteiger partial charge in [0.15, 0.2) is 0 Å². The molecule has 2 saturated carbocycles. The van der Waals surface area contributed by atoms with Gasteiger partial charge >= 0.3 is 5.95 Å². The third kappa shape index (κ3) is 3.15. The number of aromatic nitrogens is 4. The fourth-order valence-electron chi connectivity index (χ4n) is 4.59. The number of benzene rings is 1. The molecule has 1 aromatic carbocycles. The van der Waals surface area contributed by atoms with Crippen LogP contribution < -0.4 is 21.8 Å². The van der Waals surface area contributed by atoms with Crippen LogP contribution in [0, 0.1) is 11.8 Å². The molecule has 0 atom stereocenters. The summed E-state index contributed by atoms with van der Waals surface area (Å²) in [4.78, 5) is 27.2. The van der Waals surface area contributed by atoms with Gasteiger partial charge in [0.1, 0.15) is 12.0 Å². The molecule has 156 valence electrons. The number of nitrogens with one attached hydrogen (secondary N) is 3. The maximum absolute atomic E-state index is 12.1. The van der Waals surface area contributed by atoms with Crippen LogP contribution in [0.1, 0.15) is 36.0 Å². The summed E-state index contributed by atoms with van der Waals surface area (Å²) in [6, 6.07) is 6.59. The number of pyridine rings is 1. The first kappa shape index (κ1) is 18.1. The summed E-state index contributed by atoms with van der Waals surface area (Å²) in [6.45, 7) is 0. The molecule has 3 aromatic heterocycles. The van der Waals surface area contributed by atoms with Crippen LogP contribution in [0.2, 0.25) is 0 Å². The zero-order chi connectivity index (χ0) is 21.1. The zero-order valence-electron chi connectivity index (χ0n) is 17.0. The number of nitrogen functional groups attached to an aromatic ring is 1. The van der Waals surface area contributed by atoms with Crippen LogP contribution in [0.25, 0.3) is 32.9 Å². The molecular weight excluding hydrogens is 390 g/mol. The minimum absolute atomic E-state index is 0.365. The van der Waals surface area contributed by atoms with Crippen molar-refractivity contribution in [3.8, 4) is 11.1 Å². The molecule has 7 N–H and O–H groups in total. The van der Waals surface area contributed by atoms with Gasteiger partial charge in [-0.25, -0.2) is 9.97 Å². The van der Waals surface area contributed by atoms with E-state index in [1.54, 1.807) is 12.4 Å². The number of nitrogens with zero attached hydrogens (tertiary/aromatic N) is 2. The second-order valence-corrected chi connectivity index (χ2v) is 8.75. The number of primary amides is 1. The zero-order valence-corrected chi connectivity index (χ0v) is 17.0. The molecule has 0 spiro atoms. The molecule has 0 unspecified atom stereocenters. The van der Waals surface area contributed by atoms with E-state index < -0.39 is 5.91 Å². The lowest BCUT2D eigenvalue weighted by Gasteiger charge is -2.19. The molecule has 3 heterocycles. The van der Waals surface area contributed by atoms with Gasteiger partial charge in [-0.1, -0.05) is 17.1 Å². The smallest absolute Gasteiger partial charge is 0.366 e. The summed E-state index contributed by atoms with van der Waals surface area (Å²) in [5, 5.41) is 5.66. The van der Waals surface area contributed by atoms with E-state index in [2.05, 4.69) is 31.3 Å². The fourth-order valence-corrected chi connectivity index (χ4v) is 4.59. The molecule has 4 aromatic rings. The third-order valence-electron chi connectivity index (χ3n) is 6.51. The van der Waals surface area contributed by atoms with E-state index in [9.17, 15) is 4.79 Å².